The SMILES string of the molecule is O=C(C1CCCN(C2=NS(=O)(=O)c3ccccc32)C1)N(Cc1ccco1)C1CCS(=O)(=O)C1. The van der Waals surface area contributed by atoms with E-state index in [0.717, 1.165) is 0 Å². The first-order chi connectivity index (χ1) is 15.7. The molecule has 0 saturated carbocycles. The van der Waals surface area contributed by atoms with Gasteiger partial charge in [0.2, 0.25) is 5.91 Å². The van der Waals surface area contributed by atoms with Crippen molar-refractivity contribution >= 4 is 31.6 Å². The molecule has 0 bridgehead atoms. The zero-order valence-corrected chi connectivity index (χ0v) is 19.6. The van der Waals surface area contributed by atoms with E-state index in [4.69, 9.17) is 4.42 Å². The van der Waals surface area contributed by atoms with Crippen molar-refractivity contribution in [3.8, 4) is 0 Å². The Kier molecular flexibility index (Phi) is 5.56. The molecule has 1 aromatic carbocycles. The predicted molar refractivity (Wildman–Crippen MR) is 121 cm³/mol. The molecule has 5 rings (SSSR count). The van der Waals surface area contributed by atoms with Crippen LogP contribution in [0.4, 0.5) is 0 Å². The quantitative estimate of drug-likeness (QED) is 0.638. The van der Waals surface area contributed by atoms with Gasteiger partial charge in [-0.3, -0.25) is 4.79 Å². The number of benzene rings is 1. The van der Waals surface area contributed by atoms with E-state index < -0.39 is 31.8 Å². The van der Waals surface area contributed by atoms with Crippen LogP contribution in [0.1, 0.15) is 30.6 Å². The van der Waals surface area contributed by atoms with E-state index in [1.807, 2.05) is 4.90 Å². The summed E-state index contributed by atoms with van der Waals surface area (Å²) in [6, 6.07) is 9.82. The van der Waals surface area contributed by atoms with Gasteiger partial charge in [-0.2, -0.15) is 8.42 Å². The van der Waals surface area contributed by atoms with Crippen LogP contribution in [-0.2, 0) is 31.2 Å². The minimum Gasteiger partial charge on any atom is -0.467 e. The number of nitrogens with zero attached hydrogens (tertiary/aromatic N) is 3. The summed E-state index contributed by atoms with van der Waals surface area (Å²) >= 11 is 0. The predicted octanol–water partition coefficient (Wildman–Crippen LogP) is 1.66. The van der Waals surface area contributed by atoms with Crippen LogP contribution in [0.2, 0.25) is 0 Å². The van der Waals surface area contributed by atoms with Gasteiger partial charge in [0.05, 0.1) is 30.2 Å². The maximum Gasteiger partial charge on any atom is 0.285 e. The van der Waals surface area contributed by atoms with Gasteiger partial charge in [-0.15, -0.1) is 4.40 Å². The number of sulfone groups is 1. The van der Waals surface area contributed by atoms with E-state index in [9.17, 15) is 21.6 Å². The van der Waals surface area contributed by atoms with Crippen LogP contribution in [0.15, 0.2) is 56.4 Å². The van der Waals surface area contributed by atoms with Crippen LogP contribution in [0.25, 0.3) is 0 Å². The monoisotopic (exact) mass is 491 g/mol. The number of amidine groups is 1. The van der Waals surface area contributed by atoms with Crippen LogP contribution in [-0.4, -0.2) is 69.0 Å². The Bertz CT molecular complexity index is 1300. The average molecular weight is 492 g/mol. The summed E-state index contributed by atoms with van der Waals surface area (Å²) in [5.41, 5.74) is 0.555. The van der Waals surface area contributed by atoms with Gasteiger partial charge in [-0.25, -0.2) is 8.42 Å². The first kappa shape index (κ1) is 22.1. The van der Waals surface area contributed by atoms with Crippen LogP contribution < -0.4 is 0 Å². The lowest BCUT2D eigenvalue weighted by molar-refractivity contribution is -0.139. The van der Waals surface area contributed by atoms with Crippen LogP contribution >= 0.6 is 0 Å². The molecule has 2 aromatic rings. The number of carbonyl (C=O) groups excluding carboxylic acids is 1. The lowest BCUT2D eigenvalue weighted by atomic mass is 9.95. The third-order valence-electron chi connectivity index (χ3n) is 6.52. The number of rotatable bonds is 4. The van der Waals surface area contributed by atoms with Gasteiger partial charge in [0, 0.05) is 24.7 Å². The number of hydrogen-bond donors (Lipinski definition) is 0. The highest BCUT2D eigenvalue weighted by molar-refractivity contribution is 7.91. The van der Waals surface area contributed by atoms with Gasteiger partial charge in [0.15, 0.2) is 15.7 Å². The molecule has 9 nitrogen and oxygen atoms in total. The van der Waals surface area contributed by atoms with E-state index in [-0.39, 0.29) is 28.9 Å². The largest absolute Gasteiger partial charge is 0.467 e. The molecule has 0 spiro atoms. The number of fused-ring (bicyclic) bond motifs is 1. The maximum atomic E-state index is 13.7. The van der Waals surface area contributed by atoms with Crippen molar-refractivity contribution in [1.29, 1.82) is 0 Å². The zero-order chi connectivity index (χ0) is 23.2. The van der Waals surface area contributed by atoms with Crippen LogP contribution in [0.3, 0.4) is 0 Å². The summed E-state index contributed by atoms with van der Waals surface area (Å²) in [5.74, 6) is 0.475. The molecular weight excluding hydrogens is 466 g/mol. The number of amides is 1. The molecule has 3 aliphatic heterocycles. The van der Waals surface area contributed by atoms with Gasteiger partial charge in [-0.05, 0) is 43.5 Å². The highest BCUT2D eigenvalue weighted by atomic mass is 32.2. The van der Waals surface area contributed by atoms with Crippen molar-refractivity contribution in [3.63, 3.8) is 0 Å². The number of hydrogen-bond acceptors (Lipinski definition) is 7. The second kappa shape index (κ2) is 8.28. The molecule has 3 aliphatic rings. The zero-order valence-electron chi connectivity index (χ0n) is 18.0. The van der Waals surface area contributed by atoms with Gasteiger partial charge >= 0.3 is 0 Å². The van der Waals surface area contributed by atoms with Gasteiger partial charge < -0.3 is 14.2 Å². The summed E-state index contributed by atoms with van der Waals surface area (Å²) in [6.45, 7) is 1.14. The highest BCUT2D eigenvalue weighted by Crippen LogP contribution is 2.31. The van der Waals surface area contributed by atoms with Gasteiger partial charge in [0.25, 0.3) is 10.0 Å². The van der Waals surface area contributed by atoms with Crippen molar-refractivity contribution in [2.45, 2.75) is 36.7 Å². The molecule has 1 amide bonds. The normalized spacial score (nSPS) is 25.5. The molecule has 2 atom stereocenters. The second-order valence-corrected chi connectivity index (χ2v) is 12.6. The summed E-state index contributed by atoms with van der Waals surface area (Å²) in [5, 5.41) is 0. The number of likely N-dealkylation sites (tertiary alicyclic amines) is 1. The Morgan fingerprint density at radius 1 is 1.12 bits per heavy atom. The molecule has 2 unspecified atom stereocenters. The fraction of sp³-hybridized carbons (Fsp3) is 0.455. The van der Waals surface area contributed by atoms with Gasteiger partial charge in [0.1, 0.15) is 10.7 Å². The standard InChI is InChI=1S/C22H25N3O6S2/c26-22(25(14-18-6-4-11-31-18)17-9-12-32(27,28)15-17)16-5-3-10-24(13-16)21-19-7-1-2-8-20(19)33(29,30)23-21/h1-2,4,6-8,11,16-17H,3,5,9-10,12-15H2. The summed E-state index contributed by atoms with van der Waals surface area (Å²) in [4.78, 5) is 17.3. The fourth-order valence-corrected chi connectivity index (χ4v) is 7.86. The molecule has 0 aliphatic carbocycles. The Morgan fingerprint density at radius 2 is 1.94 bits per heavy atom. The summed E-state index contributed by atoms with van der Waals surface area (Å²) in [6.07, 6.45) is 3.28. The lowest BCUT2D eigenvalue weighted by Gasteiger charge is -2.37. The molecule has 2 saturated heterocycles. The Hall–Kier alpha value is -2.66. The number of furan rings is 1. The molecule has 2 fully saturated rings. The smallest absolute Gasteiger partial charge is 0.285 e. The van der Waals surface area contributed by atoms with E-state index >= 15 is 0 Å². The number of sulfonamides is 1. The Labute approximate surface area is 193 Å². The van der Waals surface area contributed by atoms with Crippen molar-refractivity contribution < 1.29 is 26.0 Å². The second-order valence-electron chi connectivity index (χ2n) is 8.77. The third kappa shape index (κ3) is 4.31. The molecule has 4 heterocycles. The Morgan fingerprint density at radius 3 is 2.67 bits per heavy atom. The molecule has 1 aromatic heterocycles. The van der Waals surface area contributed by atoms with Crippen molar-refractivity contribution in [2.24, 2.45) is 10.3 Å². The fourth-order valence-electron chi connectivity index (χ4n) is 4.90. The number of piperidine rings is 1. The minimum atomic E-state index is -3.75. The molecule has 176 valence electrons. The topological polar surface area (TPSA) is 117 Å². The lowest BCUT2D eigenvalue weighted by Crippen LogP contribution is -2.49. The number of carbonyl (C=O) groups is 1. The minimum absolute atomic E-state index is 0.0474. The average Bonchev–Trinajstić information content (AvgIpc) is 3.50. The molecule has 0 radical (unpaired) electrons. The van der Waals surface area contributed by atoms with E-state index in [1.165, 1.54) is 6.26 Å². The van der Waals surface area contributed by atoms with Crippen molar-refractivity contribution in [3.05, 3.63) is 54.0 Å². The van der Waals surface area contributed by atoms with Crippen LogP contribution in [0.5, 0.6) is 0 Å². The highest BCUT2D eigenvalue weighted by Gasteiger charge is 2.40. The van der Waals surface area contributed by atoms with Crippen molar-refractivity contribution in [2.75, 3.05) is 24.6 Å². The van der Waals surface area contributed by atoms with Crippen molar-refractivity contribution in [1.82, 2.24) is 9.80 Å². The first-order valence-corrected chi connectivity index (χ1v) is 14.2. The van der Waals surface area contributed by atoms with Gasteiger partial charge in [-0.1, -0.05) is 12.1 Å². The Balaban J connectivity index is 1.39. The molecule has 33 heavy (non-hydrogen) atoms. The molecule has 11 heteroatoms. The molecule has 0 N–H and O–H groups in total. The van der Waals surface area contributed by atoms with E-state index in [2.05, 4.69) is 4.40 Å². The molecular formula is C22H25N3O6S2. The summed E-state index contributed by atoms with van der Waals surface area (Å²) in [7, 11) is -6.92. The first-order valence-electron chi connectivity index (χ1n) is 11.0. The summed E-state index contributed by atoms with van der Waals surface area (Å²) < 4.78 is 58.6. The van der Waals surface area contributed by atoms with E-state index in [1.54, 1.807) is 41.3 Å². The maximum absolute atomic E-state index is 13.7. The third-order valence-corrected chi connectivity index (χ3v) is 9.60. The van der Waals surface area contributed by atoms with E-state index in [0.29, 0.717) is 49.5 Å². The van der Waals surface area contributed by atoms with Crippen LogP contribution in [0, 0.1) is 5.92 Å².